The number of aryl methyl sites for hydroxylation is 2. The fourth-order valence-corrected chi connectivity index (χ4v) is 5.37. The number of amides is 1. The summed E-state index contributed by atoms with van der Waals surface area (Å²) in [5.74, 6) is -0.197. The van der Waals surface area contributed by atoms with E-state index in [0.29, 0.717) is 10.7 Å². The summed E-state index contributed by atoms with van der Waals surface area (Å²) in [7, 11) is -2.15. The van der Waals surface area contributed by atoms with Crippen LogP contribution in [0, 0.1) is 13.8 Å². The number of halogens is 1. The maximum Gasteiger partial charge on any atom is 0.264 e. The summed E-state index contributed by atoms with van der Waals surface area (Å²) in [6.07, 6.45) is 5.34. The summed E-state index contributed by atoms with van der Waals surface area (Å²) in [5.41, 5.74) is 2.52. The molecule has 30 heavy (non-hydrogen) atoms. The molecule has 0 saturated heterocycles. The highest BCUT2D eigenvalue weighted by Crippen LogP contribution is 2.28. The van der Waals surface area contributed by atoms with E-state index in [1.807, 2.05) is 26.0 Å². The molecule has 1 saturated carbocycles. The lowest BCUT2D eigenvalue weighted by Gasteiger charge is -2.33. The Bertz CT molecular complexity index is 1000. The molecule has 0 heterocycles. The Balaban J connectivity index is 1.95. The molecule has 162 valence electrons. The first kappa shape index (κ1) is 22.6. The summed E-state index contributed by atoms with van der Waals surface area (Å²) >= 11 is 5.94. The van der Waals surface area contributed by atoms with Crippen molar-refractivity contribution < 1.29 is 13.2 Å². The van der Waals surface area contributed by atoms with Crippen LogP contribution in [-0.2, 0) is 14.8 Å². The molecule has 1 fully saturated rings. The first-order valence-electron chi connectivity index (χ1n) is 10.3. The Hall–Kier alpha value is -2.05. The molecular weight excluding hydrogens is 420 g/mol. The van der Waals surface area contributed by atoms with E-state index >= 15 is 0 Å². The molecule has 0 aromatic heterocycles. The lowest BCUT2D eigenvalue weighted by Crippen LogP contribution is -2.46. The monoisotopic (exact) mass is 448 g/mol. The van der Waals surface area contributed by atoms with Crippen LogP contribution in [0.1, 0.15) is 43.2 Å². The third kappa shape index (κ3) is 4.98. The zero-order valence-corrected chi connectivity index (χ0v) is 19.3. The second kappa shape index (κ2) is 9.40. The average Bonchev–Trinajstić information content (AvgIpc) is 2.74. The summed E-state index contributed by atoms with van der Waals surface area (Å²) < 4.78 is 28.2. The maximum atomic E-state index is 13.5. The van der Waals surface area contributed by atoms with E-state index in [4.69, 9.17) is 11.6 Å². The molecule has 0 atom stereocenters. The Kier molecular flexibility index (Phi) is 7.09. The minimum atomic E-state index is -3.93. The molecule has 1 amide bonds. The van der Waals surface area contributed by atoms with Gasteiger partial charge in [0.05, 0.1) is 10.6 Å². The van der Waals surface area contributed by atoms with Crippen molar-refractivity contribution in [2.24, 2.45) is 0 Å². The first-order chi connectivity index (χ1) is 14.2. The maximum absolute atomic E-state index is 13.5. The van der Waals surface area contributed by atoms with E-state index in [9.17, 15) is 13.2 Å². The van der Waals surface area contributed by atoms with E-state index in [1.165, 1.54) is 22.9 Å². The lowest BCUT2D eigenvalue weighted by atomic mass is 9.94. The van der Waals surface area contributed by atoms with Gasteiger partial charge in [-0.15, -0.1) is 0 Å². The average molecular weight is 449 g/mol. The minimum Gasteiger partial charge on any atom is -0.341 e. The molecule has 0 N–H and O–H groups in total. The summed E-state index contributed by atoms with van der Waals surface area (Å²) in [6, 6.07) is 11.7. The van der Waals surface area contributed by atoms with Crippen molar-refractivity contribution in [1.29, 1.82) is 0 Å². The highest BCUT2D eigenvalue weighted by Gasteiger charge is 2.30. The van der Waals surface area contributed by atoms with Gasteiger partial charge in [-0.25, -0.2) is 8.42 Å². The Labute approximate surface area is 184 Å². The molecule has 2 aromatic rings. The standard InChI is InChI=1S/C23H29ClN2O3S/c1-17-9-12-21(15-18(17)2)26(30(28,29)22-13-10-19(24)11-14-22)16-23(27)25(3)20-7-5-4-6-8-20/h9-15,20H,4-8,16H2,1-3H3. The smallest absolute Gasteiger partial charge is 0.264 e. The lowest BCUT2D eigenvalue weighted by molar-refractivity contribution is -0.130. The number of anilines is 1. The fourth-order valence-electron chi connectivity index (χ4n) is 3.84. The molecule has 0 bridgehead atoms. The second-order valence-corrected chi connectivity index (χ2v) is 10.3. The molecule has 0 radical (unpaired) electrons. The van der Waals surface area contributed by atoms with Crippen molar-refractivity contribution in [2.45, 2.75) is 56.9 Å². The third-order valence-corrected chi connectivity index (χ3v) is 8.01. The number of carbonyl (C=O) groups is 1. The number of hydrogen-bond acceptors (Lipinski definition) is 3. The van der Waals surface area contributed by atoms with Gasteiger partial charge in [-0.1, -0.05) is 36.9 Å². The van der Waals surface area contributed by atoms with Crippen molar-refractivity contribution >= 4 is 33.2 Å². The van der Waals surface area contributed by atoms with Crippen molar-refractivity contribution in [3.63, 3.8) is 0 Å². The van der Waals surface area contributed by atoms with E-state index in [2.05, 4.69) is 0 Å². The summed E-state index contributed by atoms with van der Waals surface area (Å²) in [6.45, 7) is 3.67. The van der Waals surface area contributed by atoms with Gasteiger partial charge in [-0.2, -0.15) is 0 Å². The predicted molar refractivity (Wildman–Crippen MR) is 122 cm³/mol. The van der Waals surface area contributed by atoms with Crippen molar-refractivity contribution in [3.8, 4) is 0 Å². The number of hydrogen-bond donors (Lipinski definition) is 0. The van der Waals surface area contributed by atoms with Crippen LogP contribution in [-0.4, -0.2) is 38.9 Å². The molecule has 7 heteroatoms. The van der Waals surface area contributed by atoms with Crippen LogP contribution in [0.5, 0.6) is 0 Å². The molecule has 5 nitrogen and oxygen atoms in total. The zero-order valence-electron chi connectivity index (χ0n) is 17.8. The van der Waals surface area contributed by atoms with Gasteiger partial charge in [0.2, 0.25) is 5.91 Å². The van der Waals surface area contributed by atoms with Crippen molar-refractivity contribution in [1.82, 2.24) is 4.90 Å². The SMILES string of the molecule is Cc1ccc(N(CC(=O)N(C)C2CCCCC2)S(=O)(=O)c2ccc(Cl)cc2)cc1C. The molecule has 1 aliphatic carbocycles. The van der Waals surface area contributed by atoms with E-state index in [0.717, 1.165) is 36.8 Å². The predicted octanol–water partition coefficient (Wildman–Crippen LogP) is 4.94. The van der Waals surface area contributed by atoms with Crippen molar-refractivity contribution in [3.05, 3.63) is 58.6 Å². The van der Waals surface area contributed by atoms with Gasteiger partial charge >= 0.3 is 0 Å². The summed E-state index contributed by atoms with van der Waals surface area (Å²) in [4.78, 5) is 14.9. The zero-order chi connectivity index (χ0) is 21.9. The Morgan fingerprint density at radius 3 is 2.23 bits per heavy atom. The van der Waals surface area contributed by atoms with Gasteiger partial charge in [0.25, 0.3) is 10.0 Å². The molecule has 3 rings (SSSR count). The molecule has 1 aliphatic rings. The quantitative estimate of drug-likeness (QED) is 0.628. The van der Waals surface area contributed by atoms with Gasteiger partial charge in [-0.3, -0.25) is 9.10 Å². The van der Waals surface area contributed by atoms with Crippen LogP contribution in [0.15, 0.2) is 47.4 Å². The summed E-state index contributed by atoms with van der Waals surface area (Å²) in [5, 5.41) is 0.458. The largest absolute Gasteiger partial charge is 0.341 e. The van der Waals surface area contributed by atoms with Gasteiger partial charge in [0, 0.05) is 18.1 Å². The first-order valence-corrected chi connectivity index (χ1v) is 12.1. The Morgan fingerprint density at radius 1 is 1.00 bits per heavy atom. The number of sulfonamides is 1. The van der Waals surface area contributed by atoms with Crippen LogP contribution >= 0.6 is 11.6 Å². The number of benzene rings is 2. The second-order valence-electron chi connectivity index (χ2n) is 8.03. The molecule has 0 aliphatic heterocycles. The van der Waals surface area contributed by atoms with Crippen LogP contribution in [0.3, 0.4) is 0 Å². The van der Waals surface area contributed by atoms with Gasteiger partial charge in [0.1, 0.15) is 6.54 Å². The van der Waals surface area contributed by atoms with Crippen molar-refractivity contribution in [2.75, 3.05) is 17.9 Å². The van der Waals surface area contributed by atoms with E-state index < -0.39 is 10.0 Å². The van der Waals surface area contributed by atoms with E-state index in [1.54, 1.807) is 30.1 Å². The van der Waals surface area contributed by atoms with Gasteiger partial charge in [-0.05, 0) is 74.2 Å². The third-order valence-electron chi connectivity index (χ3n) is 5.97. The number of carbonyl (C=O) groups excluding carboxylic acids is 1. The van der Waals surface area contributed by atoms with E-state index in [-0.39, 0.29) is 23.4 Å². The number of nitrogens with zero attached hydrogens (tertiary/aromatic N) is 2. The fraction of sp³-hybridized carbons (Fsp3) is 0.435. The van der Waals surface area contributed by atoms with Crippen LogP contribution < -0.4 is 4.31 Å². The normalized spacial score (nSPS) is 15.1. The van der Waals surface area contributed by atoms with Crippen LogP contribution in [0.2, 0.25) is 5.02 Å². The van der Waals surface area contributed by atoms with Crippen LogP contribution in [0.4, 0.5) is 5.69 Å². The molecule has 0 spiro atoms. The highest BCUT2D eigenvalue weighted by molar-refractivity contribution is 7.92. The Morgan fingerprint density at radius 2 is 1.63 bits per heavy atom. The van der Waals surface area contributed by atoms with Gasteiger partial charge < -0.3 is 4.90 Å². The molecular formula is C23H29ClN2O3S. The highest BCUT2D eigenvalue weighted by atomic mass is 35.5. The van der Waals surface area contributed by atoms with Gasteiger partial charge in [0.15, 0.2) is 0 Å². The minimum absolute atomic E-state index is 0.109. The number of likely N-dealkylation sites (N-methyl/N-ethyl adjacent to an activating group) is 1. The van der Waals surface area contributed by atoms with Crippen LogP contribution in [0.25, 0.3) is 0 Å². The topological polar surface area (TPSA) is 57.7 Å². The number of rotatable bonds is 6. The molecule has 2 aromatic carbocycles. The molecule has 0 unspecified atom stereocenters.